The molecule has 0 fully saturated rings. The second-order valence-electron chi connectivity index (χ2n) is 6.34. The molecule has 0 aromatic heterocycles. The Morgan fingerprint density at radius 2 is 1.60 bits per heavy atom. The molecule has 1 rings (SSSR count). The molecule has 0 amide bonds. The van der Waals surface area contributed by atoms with Gasteiger partial charge < -0.3 is 10.6 Å². The van der Waals surface area contributed by atoms with E-state index in [1.807, 2.05) is 0 Å². The first-order chi connectivity index (χ1) is 9.43. The van der Waals surface area contributed by atoms with Crippen LogP contribution in [0.5, 0.6) is 0 Å². The number of anilines is 1. The van der Waals surface area contributed by atoms with E-state index in [2.05, 4.69) is 66.7 Å². The SMILES string of the molecule is CC(C)CCN(CCC(C)C)c1ccc(CN)cc1Br. The summed E-state index contributed by atoms with van der Waals surface area (Å²) >= 11 is 3.71. The van der Waals surface area contributed by atoms with Crippen molar-refractivity contribution in [2.24, 2.45) is 17.6 Å². The number of nitrogens with zero attached hydrogens (tertiary/aromatic N) is 1. The standard InChI is InChI=1S/C17H29BrN2/c1-13(2)7-9-20(10-8-14(3)4)17-6-5-15(12-19)11-16(17)18/h5-6,11,13-14H,7-10,12,19H2,1-4H3. The molecule has 0 spiro atoms. The van der Waals surface area contributed by atoms with E-state index in [1.54, 1.807) is 0 Å². The van der Waals surface area contributed by atoms with E-state index in [9.17, 15) is 0 Å². The zero-order valence-corrected chi connectivity index (χ0v) is 14.9. The highest BCUT2D eigenvalue weighted by atomic mass is 79.9. The largest absolute Gasteiger partial charge is 0.371 e. The smallest absolute Gasteiger partial charge is 0.0510 e. The van der Waals surface area contributed by atoms with Crippen LogP contribution >= 0.6 is 15.9 Å². The summed E-state index contributed by atoms with van der Waals surface area (Å²) < 4.78 is 1.16. The summed E-state index contributed by atoms with van der Waals surface area (Å²) in [5, 5.41) is 0. The molecule has 0 atom stereocenters. The topological polar surface area (TPSA) is 29.3 Å². The van der Waals surface area contributed by atoms with Gasteiger partial charge in [-0.15, -0.1) is 0 Å². The van der Waals surface area contributed by atoms with Gasteiger partial charge in [0.1, 0.15) is 0 Å². The normalized spacial score (nSPS) is 11.4. The molecule has 0 bridgehead atoms. The van der Waals surface area contributed by atoms with E-state index in [0.29, 0.717) is 6.54 Å². The van der Waals surface area contributed by atoms with Crippen LogP contribution in [0.25, 0.3) is 0 Å². The molecule has 0 saturated carbocycles. The average molecular weight is 341 g/mol. The zero-order chi connectivity index (χ0) is 15.1. The van der Waals surface area contributed by atoms with Crippen molar-refractivity contribution < 1.29 is 0 Å². The van der Waals surface area contributed by atoms with Crippen molar-refractivity contribution in [3.63, 3.8) is 0 Å². The molecule has 0 aliphatic carbocycles. The maximum absolute atomic E-state index is 5.71. The molecule has 0 radical (unpaired) electrons. The average Bonchev–Trinajstić information content (AvgIpc) is 2.39. The molecule has 2 N–H and O–H groups in total. The lowest BCUT2D eigenvalue weighted by Gasteiger charge is -2.28. The number of halogens is 1. The Kier molecular flexibility index (Phi) is 7.60. The predicted molar refractivity (Wildman–Crippen MR) is 93.2 cm³/mol. The van der Waals surface area contributed by atoms with Crippen molar-refractivity contribution in [2.75, 3.05) is 18.0 Å². The first-order valence-electron chi connectivity index (χ1n) is 7.67. The van der Waals surface area contributed by atoms with Crippen molar-refractivity contribution >= 4 is 21.6 Å². The first kappa shape index (κ1) is 17.5. The van der Waals surface area contributed by atoms with Gasteiger partial charge in [0.05, 0.1) is 5.69 Å². The van der Waals surface area contributed by atoms with Crippen LogP contribution in [0.2, 0.25) is 0 Å². The van der Waals surface area contributed by atoms with Gasteiger partial charge in [0.2, 0.25) is 0 Å². The van der Waals surface area contributed by atoms with Gasteiger partial charge in [-0.2, -0.15) is 0 Å². The number of nitrogens with two attached hydrogens (primary N) is 1. The van der Waals surface area contributed by atoms with E-state index >= 15 is 0 Å². The fourth-order valence-electron chi connectivity index (χ4n) is 2.11. The Morgan fingerprint density at radius 3 is 2.00 bits per heavy atom. The Bertz CT molecular complexity index is 390. The molecular formula is C17H29BrN2. The molecule has 0 heterocycles. The Morgan fingerprint density at radius 1 is 1.05 bits per heavy atom. The molecule has 0 unspecified atom stereocenters. The van der Waals surface area contributed by atoms with Crippen molar-refractivity contribution in [1.29, 1.82) is 0 Å². The summed E-state index contributed by atoms with van der Waals surface area (Å²) in [6, 6.07) is 6.48. The lowest BCUT2D eigenvalue weighted by Crippen LogP contribution is -2.28. The molecule has 1 aromatic carbocycles. The van der Waals surface area contributed by atoms with Crippen molar-refractivity contribution in [1.82, 2.24) is 0 Å². The summed E-state index contributed by atoms with van der Waals surface area (Å²) in [7, 11) is 0. The minimum Gasteiger partial charge on any atom is -0.371 e. The van der Waals surface area contributed by atoms with Gasteiger partial charge >= 0.3 is 0 Å². The first-order valence-corrected chi connectivity index (χ1v) is 8.46. The molecular weight excluding hydrogens is 312 g/mol. The second-order valence-corrected chi connectivity index (χ2v) is 7.20. The minimum atomic E-state index is 0.594. The molecule has 20 heavy (non-hydrogen) atoms. The third kappa shape index (κ3) is 5.84. The Balaban J connectivity index is 2.84. The van der Waals surface area contributed by atoms with Crippen LogP contribution in [0.15, 0.2) is 22.7 Å². The van der Waals surface area contributed by atoms with Gasteiger partial charge in [-0.3, -0.25) is 0 Å². The molecule has 2 nitrogen and oxygen atoms in total. The third-order valence-corrected chi connectivity index (χ3v) is 4.18. The quantitative estimate of drug-likeness (QED) is 0.735. The highest BCUT2D eigenvalue weighted by Crippen LogP contribution is 2.28. The van der Waals surface area contributed by atoms with Crippen LogP contribution in [0.1, 0.15) is 46.1 Å². The summed E-state index contributed by atoms with van der Waals surface area (Å²) in [6.45, 7) is 12.0. The van der Waals surface area contributed by atoms with Crippen molar-refractivity contribution in [3.8, 4) is 0 Å². The highest BCUT2D eigenvalue weighted by molar-refractivity contribution is 9.10. The molecule has 3 heteroatoms. The van der Waals surface area contributed by atoms with Gasteiger partial charge in [-0.1, -0.05) is 33.8 Å². The maximum atomic E-state index is 5.71. The Labute approximate surface area is 132 Å². The monoisotopic (exact) mass is 340 g/mol. The van der Waals surface area contributed by atoms with Crippen LogP contribution in [0, 0.1) is 11.8 Å². The van der Waals surface area contributed by atoms with Crippen LogP contribution in [-0.4, -0.2) is 13.1 Å². The van der Waals surface area contributed by atoms with Crippen LogP contribution in [-0.2, 0) is 6.54 Å². The lowest BCUT2D eigenvalue weighted by atomic mass is 10.1. The summed E-state index contributed by atoms with van der Waals surface area (Å²) in [4.78, 5) is 2.50. The summed E-state index contributed by atoms with van der Waals surface area (Å²) in [5.74, 6) is 1.47. The lowest BCUT2D eigenvalue weighted by molar-refractivity contribution is 0.535. The fraction of sp³-hybridized carbons (Fsp3) is 0.647. The Hall–Kier alpha value is -0.540. The van der Waals surface area contributed by atoms with Crippen molar-refractivity contribution in [3.05, 3.63) is 28.2 Å². The van der Waals surface area contributed by atoms with E-state index < -0.39 is 0 Å². The minimum absolute atomic E-state index is 0.594. The van der Waals surface area contributed by atoms with Crippen LogP contribution in [0.3, 0.4) is 0 Å². The summed E-state index contributed by atoms with van der Waals surface area (Å²) in [6.07, 6.45) is 2.45. The maximum Gasteiger partial charge on any atom is 0.0510 e. The number of hydrogen-bond acceptors (Lipinski definition) is 2. The van der Waals surface area contributed by atoms with E-state index in [-0.39, 0.29) is 0 Å². The number of benzene rings is 1. The molecule has 1 aromatic rings. The zero-order valence-electron chi connectivity index (χ0n) is 13.3. The summed E-state index contributed by atoms with van der Waals surface area (Å²) in [5.41, 5.74) is 8.18. The van der Waals surface area contributed by atoms with Crippen LogP contribution in [0.4, 0.5) is 5.69 Å². The molecule has 114 valence electrons. The van der Waals surface area contributed by atoms with Crippen LogP contribution < -0.4 is 10.6 Å². The van der Waals surface area contributed by atoms with Gasteiger partial charge in [0.15, 0.2) is 0 Å². The van der Waals surface area contributed by atoms with Gasteiger partial charge in [-0.25, -0.2) is 0 Å². The predicted octanol–water partition coefficient (Wildman–Crippen LogP) is 4.81. The van der Waals surface area contributed by atoms with Gasteiger partial charge in [0, 0.05) is 24.1 Å². The molecule has 0 aliphatic rings. The van der Waals surface area contributed by atoms with E-state index in [0.717, 1.165) is 29.4 Å². The molecule has 0 saturated heterocycles. The third-order valence-electron chi connectivity index (χ3n) is 3.54. The number of hydrogen-bond donors (Lipinski definition) is 1. The van der Waals surface area contributed by atoms with Crippen molar-refractivity contribution in [2.45, 2.75) is 47.1 Å². The van der Waals surface area contributed by atoms with Gasteiger partial charge in [-0.05, 0) is 58.3 Å². The fourth-order valence-corrected chi connectivity index (χ4v) is 2.79. The molecule has 0 aliphatic heterocycles. The highest BCUT2D eigenvalue weighted by Gasteiger charge is 2.12. The number of rotatable bonds is 8. The van der Waals surface area contributed by atoms with E-state index in [4.69, 9.17) is 5.73 Å². The van der Waals surface area contributed by atoms with Gasteiger partial charge in [0.25, 0.3) is 0 Å². The second kappa shape index (κ2) is 8.68. The van der Waals surface area contributed by atoms with E-state index in [1.165, 1.54) is 24.1 Å².